The van der Waals surface area contributed by atoms with Crippen LogP contribution in [0.3, 0.4) is 0 Å². The highest BCUT2D eigenvalue weighted by Crippen LogP contribution is 2.36. The van der Waals surface area contributed by atoms with Crippen LogP contribution in [0.25, 0.3) is 0 Å². The van der Waals surface area contributed by atoms with E-state index in [4.69, 9.17) is 4.74 Å². The molecule has 0 saturated heterocycles. The number of carbonyl (C=O) groups is 1. The van der Waals surface area contributed by atoms with Crippen molar-refractivity contribution in [1.82, 2.24) is 5.32 Å². The minimum Gasteiger partial charge on any atom is -0.508 e. The minimum absolute atomic E-state index is 0.00294. The zero-order valence-corrected chi connectivity index (χ0v) is 15.9. The average Bonchev–Trinajstić information content (AvgIpc) is 2.63. The third-order valence-electron chi connectivity index (χ3n) is 3.99. The largest absolute Gasteiger partial charge is 0.508 e. The van der Waals surface area contributed by atoms with Crippen molar-refractivity contribution in [2.45, 2.75) is 25.0 Å². The Morgan fingerprint density at radius 1 is 1.19 bits per heavy atom. The van der Waals surface area contributed by atoms with Crippen LogP contribution in [0.1, 0.15) is 29.7 Å². The fraction of sp³-hybridized carbons (Fsp3) is 0.350. The second-order valence-corrected chi connectivity index (χ2v) is 7.33. The molecule has 0 aliphatic carbocycles. The van der Waals surface area contributed by atoms with Crippen LogP contribution in [0.2, 0.25) is 0 Å². The Morgan fingerprint density at radius 3 is 2.58 bits per heavy atom. The SMILES string of the molecule is CCSC(CC(=O)NCCc1ccc(O)cc1)c1ccc(O)c(OC)c1. The molecule has 0 spiro atoms. The van der Waals surface area contributed by atoms with Gasteiger partial charge in [-0.25, -0.2) is 0 Å². The number of amides is 1. The van der Waals surface area contributed by atoms with Crippen LogP contribution in [-0.4, -0.2) is 35.5 Å². The van der Waals surface area contributed by atoms with Gasteiger partial charge in [-0.15, -0.1) is 0 Å². The molecule has 0 fully saturated rings. The third-order valence-corrected chi connectivity index (χ3v) is 5.16. The van der Waals surface area contributed by atoms with Gasteiger partial charge in [-0.3, -0.25) is 4.79 Å². The maximum Gasteiger partial charge on any atom is 0.221 e. The third kappa shape index (κ3) is 5.88. The van der Waals surface area contributed by atoms with E-state index in [2.05, 4.69) is 12.2 Å². The molecule has 0 heterocycles. The number of carbonyl (C=O) groups excluding carboxylic acids is 1. The van der Waals surface area contributed by atoms with Crippen LogP contribution in [0, 0.1) is 0 Å². The van der Waals surface area contributed by atoms with Crippen molar-refractivity contribution in [2.75, 3.05) is 19.4 Å². The molecule has 0 aliphatic heterocycles. The molecular formula is C20H25NO4S. The molecular weight excluding hydrogens is 350 g/mol. The molecule has 6 heteroatoms. The summed E-state index contributed by atoms with van der Waals surface area (Å²) in [6.45, 7) is 2.60. The number of rotatable bonds is 9. The van der Waals surface area contributed by atoms with E-state index < -0.39 is 0 Å². The predicted octanol–water partition coefficient (Wildman–Crippen LogP) is 3.65. The molecule has 3 N–H and O–H groups in total. The topological polar surface area (TPSA) is 78.8 Å². The molecule has 0 aliphatic rings. The predicted molar refractivity (Wildman–Crippen MR) is 105 cm³/mol. The maximum atomic E-state index is 12.3. The molecule has 140 valence electrons. The van der Waals surface area contributed by atoms with Gasteiger partial charge in [-0.05, 0) is 47.6 Å². The quantitative estimate of drug-likeness (QED) is 0.623. The summed E-state index contributed by atoms with van der Waals surface area (Å²) in [5, 5.41) is 22.0. The molecule has 0 bridgehead atoms. The lowest BCUT2D eigenvalue weighted by Gasteiger charge is -2.17. The van der Waals surface area contributed by atoms with Gasteiger partial charge in [-0.2, -0.15) is 11.8 Å². The first-order valence-electron chi connectivity index (χ1n) is 8.56. The van der Waals surface area contributed by atoms with Gasteiger partial charge in [-0.1, -0.05) is 25.1 Å². The van der Waals surface area contributed by atoms with Gasteiger partial charge in [0, 0.05) is 18.2 Å². The smallest absolute Gasteiger partial charge is 0.221 e. The molecule has 1 amide bonds. The van der Waals surface area contributed by atoms with Gasteiger partial charge < -0.3 is 20.3 Å². The van der Waals surface area contributed by atoms with Crippen LogP contribution in [-0.2, 0) is 11.2 Å². The van der Waals surface area contributed by atoms with E-state index in [0.717, 1.165) is 16.9 Å². The van der Waals surface area contributed by atoms with Crippen LogP contribution >= 0.6 is 11.8 Å². The van der Waals surface area contributed by atoms with Crippen LogP contribution < -0.4 is 10.1 Å². The first-order chi connectivity index (χ1) is 12.5. The van der Waals surface area contributed by atoms with E-state index >= 15 is 0 Å². The molecule has 2 aromatic carbocycles. The van der Waals surface area contributed by atoms with Gasteiger partial charge >= 0.3 is 0 Å². The van der Waals surface area contributed by atoms with E-state index in [1.165, 1.54) is 7.11 Å². The van der Waals surface area contributed by atoms with Crippen LogP contribution in [0.5, 0.6) is 17.2 Å². The number of benzene rings is 2. The fourth-order valence-electron chi connectivity index (χ4n) is 2.62. The van der Waals surface area contributed by atoms with Gasteiger partial charge in [0.15, 0.2) is 11.5 Å². The Hall–Kier alpha value is -2.34. The summed E-state index contributed by atoms with van der Waals surface area (Å²) >= 11 is 1.69. The Morgan fingerprint density at radius 2 is 1.92 bits per heavy atom. The molecule has 2 aromatic rings. The Balaban J connectivity index is 1.91. The first-order valence-corrected chi connectivity index (χ1v) is 9.61. The number of hydrogen-bond acceptors (Lipinski definition) is 5. The summed E-state index contributed by atoms with van der Waals surface area (Å²) in [6, 6.07) is 12.2. The lowest BCUT2D eigenvalue weighted by atomic mass is 10.1. The van der Waals surface area contributed by atoms with Crippen molar-refractivity contribution < 1.29 is 19.7 Å². The lowest BCUT2D eigenvalue weighted by molar-refractivity contribution is -0.121. The fourth-order valence-corrected chi connectivity index (χ4v) is 3.63. The second kappa shape index (κ2) is 9.97. The van der Waals surface area contributed by atoms with E-state index in [1.807, 2.05) is 18.2 Å². The number of nitrogens with one attached hydrogen (secondary N) is 1. The van der Waals surface area contributed by atoms with E-state index in [1.54, 1.807) is 36.0 Å². The first kappa shape index (κ1) is 20.0. The molecule has 5 nitrogen and oxygen atoms in total. The molecule has 1 unspecified atom stereocenters. The highest BCUT2D eigenvalue weighted by Gasteiger charge is 2.17. The van der Waals surface area contributed by atoms with Gasteiger partial charge in [0.1, 0.15) is 5.75 Å². The summed E-state index contributed by atoms with van der Waals surface area (Å²) in [6.07, 6.45) is 1.08. The Kier molecular flexibility index (Phi) is 7.66. The van der Waals surface area contributed by atoms with Crippen molar-refractivity contribution in [3.63, 3.8) is 0 Å². The average molecular weight is 375 g/mol. The van der Waals surface area contributed by atoms with Crippen molar-refractivity contribution in [3.05, 3.63) is 53.6 Å². The molecule has 0 aromatic heterocycles. The summed E-state index contributed by atoms with van der Waals surface area (Å²) in [4.78, 5) is 12.3. The number of thioether (sulfide) groups is 1. The van der Waals surface area contributed by atoms with Crippen molar-refractivity contribution >= 4 is 17.7 Å². The van der Waals surface area contributed by atoms with E-state index in [0.29, 0.717) is 25.1 Å². The normalized spacial score (nSPS) is 11.8. The standard InChI is InChI=1S/C20H25NO4S/c1-3-26-19(15-6-9-17(23)18(12-15)25-2)13-20(24)21-11-10-14-4-7-16(22)8-5-14/h4-9,12,19,22-23H,3,10-11,13H2,1-2H3,(H,21,24). The van der Waals surface area contributed by atoms with E-state index in [9.17, 15) is 15.0 Å². The van der Waals surface area contributed by atoms with Gasteiger partial charge in [0.25, 0.3) is 0 Å². The van der Waals surface area contributed by atoms with Crippen LogP contribution in [0.4, 0.5) is 0 Å². The number of phenolic OH excluding ortho intramolecular Hbond substituents is 2. The number of ether oxygens (including phenoxy) is 1. The number of phenols is 2. The Labute approximate surface area is 158 Å². The molecule has 2 rings (SSSR count). The van der Waals surface area contributed by atoms with E-state index in [-0.39, 0.29) is 22.7 Å². The van der Waals surface area contributed by atoms with Crippen LogP contribution in [0.15, 0.2) is 42.5 Å². The summed E-state index contributed by atoms with van der Waals surface area (Å²) in [5.41, 5.74) is 2.02. The highest BCUT2D eigenvalue weighted by atomic mass is 32.2. The molecule has 0 radical (unpaired) electrons. The molecule has 26 heavy (non-hydrogen) atoms. The summed E-state index contributed by atoms with van der Waals surface area (Å²) < 4.78 is 5.16. The van der Waals surface area contributed by atoms with Crippen molar-refractivity contribution in [2.24, 2.45) is 0 Å². The minimum atomic E-state index is -0.0122. The summed E-state index contributed by atoms with van der Waals surface area (Å²) in [7, 11) is 1.51. The van der Waals surface area contributed by atoms with Gasteiger partial charge in [0.05, 0.1) is 7.11 Å². The Bertz CT molecular complexity index is 718. The lowest BCUT2D eigenvalue weighted by Crippen LogP contribution is -2.26. The maximum absolute atomic E-state index is 12.3. The van der Waals surface area contributed by atoms with Gasteiger partial charge in [0.2, 0.25) is 5.91 Å². The number of methoxy groups -OCH3 is 1. The zero-order valence-electron chi connectivity index (χ0n) is 15.1. The summed E-state index contributed by atoms with van der Waals surface area (Å²) in [5.74, 6) is 1.62. The second-order valence-electron chi connectivity index (χ2n) is 5.85. The zero-order chi connectivity index (χ0) is 18.9. The highest BCUT2D eigenvalue weighted by molar-refractivity contribution is 7.99. The van der Waals surface area contributed by atoms with Crippen molar-refractivity contribution in [3.8, 4) is 17.2 Å². The number of aromatic hydroxyl groups is 2. The number of hydrogen-bond donors (Lipinski definition) is 3. The molecule has 1 atom stereocenters. The monoisotopic (exact) mass is 375 g/mol. The molecule has 0 saturated carbocycles. The van der Waals surface area contributed by atoms with Crippen molar-refractivity contribution in [1.29, 1.82) is 0 Å².